The van der Waals surface area contributed by atoms with Crippen LogP contribution in [-0.4, -0.2) is 40.5 Å². The molecule has 0 atom stereocenters. The molecule has 0 aromatic heterocycles. The lowest BCUT2D eigenvalue weighted by atomic mass is 10.1. The summed E-state index contributed by atoms with van der Waals surface area (Å²) in [6, 6.07) is 6.43. The van der Waals surface area contributed by atoms with E-state index in [1.165, 1.54) is 25.0 Å². The zero-order valence-electron chi connectivity index (χ0n) is 11.2. The first-order valence-electron chi connectivity index (χ1n) is 6.72. The van der Waals surface area contributed by atoms with Crippen LogP contribution in [-0.2, 0) is 11.2 Å². The van der Waals surface area contributed by atoms with Gasteiger partial charge in [0.05, 0.1) is 11.5 Å². The number of benzene rings is 1. The summed E-state index contributed by atoms with van der Waals surface area (Å²) in [5.41, 5.74) is 1.07. The molecule has 1 aliphatic rings. The van der Waals surface area contributed by atoms with Gasteiger partial charge in [0, 0.05) is 25.2 Å². The monoisotopic (exact) mass is 278 g/mol. The molecule has 1 N–H and O–H groups in total. The molecule has 1 saturated carbocycles. The van der Waals surface area contributed by atoms with Crippen molar-refractivity contribution in [1.82, 2.24) is 4.90 Å². The van der Waals surface area contributed by atoms with Gasteiger partial charge < -0.3 is 5.11 Å². The topological polar surface area (TPSA) is 83.7 Å². The highest BCUT2D eigenvalue weighted by Crippen LogP contribution is 2.29. The predicted octanol–water partition coefficient (Wildman–Crippen LogP) is 1.93. The Morgan fingerprint density at radius 2 is 2.00 bits per heavy atom. The van der Waals surface area contributed by atoms with Crippen molar-refractivity contribution < 1.29 is 14.8 Å². The van der Waals surface area contributed by atoms with Crippen molar-refractivity contribution in [1.29, 1.82) is 0 Å². The molecular formula is C14H18N2O4. The first-order valence-corrected chi connectivity index (χ1v) is 6.72. The second kappa shape index (κ2) is 6.47. The number of aliphatic carboxylic acids is 1. The van der Waals surface area contributed by atoms with Crippen LogP contribution in [0.4, 0.5) is 5.69 Å². The number of nitro benzene ring substituents is 1. The summed E-state index contributed by atoms with van der Waals surface area (Å²) < 4.78 is 0. The number of nitrogens with zero attached hydrogens (tertiary/aromatic N) is 2. The minimum absolute atomic E-state index is 0.0590. The molecular weight excluding hydrogens is 260 g/mol. The summed E-state index contributed by atoms with van der Waals surface area (Å²) in [6.45, 7) is 1.56. The molecule has 0 amide bonds. The fourth-order valence-electron chi connectivity index (χ4n) is 2.16. The average molecular weight is 278 g/mol. The van der Waals surface area contributed by atoms with Gasteiger partial charge in [-0.05, 0) is 30.7 Å². The molecule has 20 heavy (non-hydrogen) atoms. The molecule has 1 aromatic carbocycles. The molecule has 1 fully saturated rings. The molecule has 6 nitrogen and oxygen atoms in total. The maximum Gasteiger partial charge on any atom is 0.317 e. The smallest absolute Gasteiger partial charge is 0.317 e. The van der Waals surface area contributed by atoms with Crippen LogP contribution in [0.5, 0.6) is 0 Å². The van der Waals surface area contributed by atoms with Gasteiger partial charge in [0.15, 0.2) is 0 Å². The van der Waals surface area contributed by atoms with Crippen molar-refractivity contribution in [3.8, 4) is 0 Å². The van der Waals surface area contributed by atoms with E-state index in [9.17, 15) is 14.9 Å². The quantitative estimate of drug-likeness (QED) is 0.580. The van der Waals surface area contributed by atoms with E-state index in [4.69, 9.17) is 5.11 Å². The first kappa shape index (κ1) is 14.5. The Hall–Kier alpha value is -1.95. The average Bonchev–Trinajstić information content (AvgIpc) is 3.20. The first-order chi connectivity index (χ1) is 9.54. The summed E-state index contributed by atoms with van der Waals surface area (Å²) in [4.78, 5) is 22.9. The molecule has 1 aliphatic carbocycles. The Bertz CT molecular complexity index is 482. The summed E-state index contributed by atoms with van der Waals surface area (Å²) in [5, 5.41) is 19.5. The van der Waals surface area contributed by atoms with Crippen LogP contribution in [0.2, 0.25) is 0 Å². The van der Waals surface area contributed by atoms with Gasteiger partial charge in [-0.2, -0.15) is 0 Å². The Morgan fingerprint density at radius 3 is 2.50 bits per heavy atom. The lowest BCUT2D eigenvalue weighted by Gasteiger charge is -2.19. The summed E-state index contributed by atoms with van der Waals surface area (Å²) >= 11 is 0. The van der Waals surface area contributed by atoms with E-state index in [2.05, 4.69) is 0 Å². The summed E-state index contributed by atoms with van der Waals surface area (Å²) in [7, 11) is 0. The third-order valence-corrected chi connectivity index (χ3v) is 3.44. The van der Waals surface area contributed by atoms with Gasteiger partial charge in [0.25, 0.3) is 5.69 Å². The third kappa shape index (κ3) is 4.62. The van der Waals surface area contributed by atoms with Gasteiger partial charge in [-0.15, -0.1) is 0 Å². The van der Waals surface area contributed by atoms with Gasteiger partial charge in [0.2, 0.25) is 0 Å². The van der Waals surface area contributed by atoms with Crippen LogP contribution < -0.4 is 0 Å². The molecule has 0 unspecified atom stereocenters. The van der Waals surface area contributed by atoms with Crippen molar-refractivity contribution in [3.63, 3.8) is 0 Å². The molecule has 0 spiro atoms. The number of hydrogen-bond acceptors (Lipinski definition) is 4. The normalized spacial score (nSPS) is 14.4. The van der Waals surface area contributed by atoms with E-state index in [0.29, 0.717) is 18.9 Å². The minimum atomic E-state index is -0.811. The van der Waals surface area contributed by atoms with Crippen molar-refractivity contribution in [2.75, 3.05) is 19.6 Å². The van der Waals surface area contributed by atoms with Crippen molar-refractivity contribution in [2.24, 2.45) is 5.92 Å². The standard InChI is InChI=1S/C14H18N2O4/c17-14(18)10-15(9-12-1-2-12)8-7-11-3-5-13(6-4-11)16(19)20/h3-6,12H,1-2,7-10H2,(H,17,18). The Morgan fingerprint density at radius 1 is 1.35 bits per heavy atom. The van der Waals surface area contributed by atoms with E-state index >= 15 is 0 Å². The molecule has 108 valence electrons. The SMILES string of the molecule is O=C(O)CN(CCc1ccc([N+](=O)[O-])cc1)CC1CC1. The maximum absolute atomic E-state index is 10.8. The van der Waals surface area contributed by atoms with Gasteiger partial charge in [-0.25, -0.2) is 0 Å². The summed E-state index contributed by atoms with van der Waals surface area (Å²) in [5.74, 6) is -0.166. The lowest BCUT2D eigenvalue weighted by Crippen LogP contribution is -2.33. The predicted molar refractivity (Wildman–Crippen MR) is 73.6 cm³/mol. The summed E-state index contributed by atoms with van der Waals surface area (Å²) in [6.07, 6.45) is 3.08. The van der Waals surface area contributed by atoms with Crippen molar-refractivity contribution >= 4 is 11.7 Å². The molecule has 1 aromatic rings. The number of non-ortho nitro benzene ring substituents is 1. The highest BCUT2D eigenvalue weighted by Gasteiger charge is 2.25. The van der Waals surface area contributed by atoms with Gasteiger partial charge in [-0.3, -0.25) is 19.8 Å². The van der Waals surface area contributed by atoms with Crippen LogP contribution in [0.25, 0.3) is 0 Å². The molecule has 0 saturated heterocycles. The van der Waals surface area contributed by atoms with E-state index < -0.39 is 10.9 Å². The molecule has 0 heterocycles. The number of carboxylic acid groups (broad SMARTS) is 1. The zero-order valence-corrected chi connectivity index (χ0v) is 11.2. The molecule has 2 rings (SSSR count). The second-order valence-electron chi connectivity index (χ2n) is 5.25. The van der Waals surface area contributed by atoms with E-state index in [-0.39, 0.29) is 12.2 Å². The Balaban J connectivity index is 1.86. The van der Waals surface area contributed by atoms with Gasteiger partial charge >= 0.3 is 5.97 Å². The van der Waals surface area contributed by atoms with E-state index in [0.717, 1.165) is 12.1 Å². The number of nitro groups is 1. The van der Waals surface area contributed by atoms with Crippen molar-refractivity contribution in [3.05, 3.63) is 39.9 Å². The lowest BCUT2D eigenvalue weighted by molar-refractivity contribution is -0.384. The van der Waals surface area contributed by atoms with E-state index in [1.54, 1.807) is 12.1 Å². The number of carbonyl (C=O) groups is 1. The molecule has 0 bridgehead atoms. The number of hydrogen-bond donors (Lipinski definition) is 1. The van der Waals surface area contributed by atoms with Crippen LogP contribution in [0.1, 0.15) is 18.4 Å². The van der Waals surface area contributed by atoms with E-state index in [1.807, 2.05) is 4.90 Å². The minimum Gasteiger partial charge on any atom is -0.480 e. The Kier molecular flexibility index (Phi) is 4.68. The van der Waals surface area contributed by atoms with Gasteiger partial charge in [0.1, 0.15) is 0 Å². The zero-order chi connectivity index (χ0) is 14.5. The van der Waals surface area contributed by atoms with Crippen LogP contribution >= 0.6 is 0 Å². The molecule has 6 heteroatoms. The fourth-order valence-corrected chi connectivity index (χ4v) is 2.16. The maximum atomic E-state index is 10.8. The number of carboxylic acids is 1. The van der Waals surface area contributed by atoms with Crippen LogP contribution in [0.3, 0.4) is 0 Å². The highest BCUT2D eigenvalue weighted by atomic mass is 16.6. The van der Waals surface area contributed by atoms with Crippen LogP contribution in [0.15, 0.2) is 24.3 Å². The Labute approximate surface area is 117 Å². The fraction of sp³-hybridized carbons (Fsp3) is 0.500. The van der Waals surface area contributed by atoms with Crippen molar-refractivity contribution in [2.45, 2.75) is 19.3 Å². The molecule has 0 aliphatic heterocycles. The third-order valence-electron chi connectivity index (χ3n) is 3.44. The largest absolute Gasteiger partial charge is 0.480 e. The van der Waals surface area contributed by atoms with Crippen LogP contribution in [0, 0.1) is 16.0 Å². The molecule has 0 radical (unpaired) electrons. The second-order valence-corrected chi connectivity index (χ2v) is 5.25. The highest BCUT2D eigenvalue weighted by molar-refractivity contribution is 5.69. The van der Waals surface area contributed by atoms with Gasteiger partial charge in [-0.1, -0.05) is 12.1 Å². The number of rotatable bonds is 8.